The number of anilines is 1. The average molecular weight is 422 g/mol. The molecule has 2 heterocycles. The number of aromatic nitrogens is 4. The Kier molecular flexibility index (Phi) is 4.84. The minimum atomic E-state index is -0.231. The smallest absolute Gasteiger partial charge is 0.260 e. The van der Waals surface area contributed by atoms with Crippen molar-refractivity contribution in [3.63, 3.8) is 0 Å². The molecule has 2 aromatic carbocycles. The third-order valence-corrected chi connectivity index (χ3v) is 4.88. The third-order valence-electron chi connectivity index (χ3n) is 4.10. The normalized spacial score (nSPS) is 10.7. The molecule has 134 valence electrons. The lowest BCUT2D eigenvalue weighted by atomic mass is 10.2. The Labute approximate surface area is 164 Å². The fourth-order valence-electron chi connectivity index (χ4n) is 2.70. The zero-order valence-corrected chi connectivity index (χ0v) is 15.9. The molecular formula is C20H16BrN5O. The number of nitrogens with one attached hydrogen (secondary N) is 1. The van der Waals surface area contributed by atoms with Crippen LogP contribution in [0.1, 0.15) is 15.9 Å². The predicted molar refractivity (Wildman–Crippen MR) is 107 cm³/mol. The second-order valence-corrected chi connectivity index (χ2v) is 6.78. The summed E-state index contributed by atoms with van der Waals surface area (Å²) in [5, 5.41) is 11.5. The minimum absolute atomic E-state index is 0.231. The van der Waals surface area contributed by atoms with Gasteiger partial charge >= 0.3 is 0 Å². The van der Waals surface area contributed by atoms with Gasteiger partial charge in [-0.15, -0.1) is 0 Å². The molecule has 0 saturated carbocycles. The number of rotatable bonds is 5. The van der Waals surface area contributed by atoms with Gasteiger partial charge in [-0.1, -0.05) is 52.3 Å². The fraction of sp³-hybridized carbons (Fsp3) is 0.0500. The summed E-state index contributed by atoms with van der Waals surface area (Å²) in [6.07, 6.45) is 4.93. The summed E-state index contributed by atoms with van der Waals surface area (Å²) >= 11 is 3.54. The molecule has 0 bridgehead atoms. The highest BCUT2D eigenvalue weighted by atomic mass is 79.9. The van der Waals surface area contributed by atoms with Crippen LogP contribution in [0.5, 0.6) is 0 Å². The Morgan fingerprint density at radius 1 is 1.00 bits per heavy atom. The van der Waals surface area contributed by atoms with E-state index in [1.54, 1.807) is 34.0 Å². The van der Waals surface area contributed by atoms with E-state index in [-0.39, 0.29) is 5.91 Å². The van der Waals surface area contributed by atoms with E-state index in [1.807, 2.05) is 54.6 Å². The molecule has 0 unspecified atom stereocenters. The largest absolute Gasteiger partial charge is 0.307 e. The Morgan fingerprint density at radius 2 is 1.78 bits per heavy atom. The molecule has 0 aliphatic heterocycles. The van der Waals surface area contributed by atoms with Crippen LogP contribution in [0, 0.1) is 0 Å². The van der Waals surface area contributed by atoms with Gasteiger partial charge in [0.05, 0.1) is 30.2 Å². The highest BCUT2D eigenvalue weighted by Gasteiger charge is 2.13. The van der Waals surface area contributed by atoms with Crippen LogP contribution in [0.3, 0.4) is 0 Å². The fourth-order valence-corrected chi connectivity index (χ4v) is 3.11. The van der Waals surface area contributed by atoms with Crippen LogP contribution in [0.15, 0.2) is 83.7 Å². The summed E-state index contributed by atoms with van der Waals surface area (Å²) in [4.78, 5) is 12.6. The van der Waals surface area contributed by atoms with E-state index < -0.39 is 0 Å². The quantitative estimate of drug-likeness (QED) is 0.526. The maximum absolute atomic E-state index is 12.6. The molecule has 1 amide bonds. The van der Waals surface area contributed by atoms with Crippen molar-refractivity contribution in [3.05, 3.63) is 94.9 Å². The molecule has 0 spiro atoms. The predicted octanol–water partition coefficient (Wildman–Crippen LogP) is 4.13. The van der Waals surface area contributed by atoms with Crippen molar-refractivity contribution in [1.82, 2.24) is 19.6 Å². The molecule has 4 aromatic rings. The maximum atomic E-state index is 12.6. The minimum Gasteiger partial charge on any atom is -0.307 e. The summed E-state index contributed by atoms with van der Waals surface area (Å²) < 4.78 is 4.43. The molecule has 0 aliphatic carbocycles. The number of benzene rings is 2. The summed E-state index contributed by atoms with van der Waals surface area (Å²) in [6.45, 7) is 0.549. The van der Waals surface area contributed by atoms with Crippen molar-refractivity contribution in [3.8, 4) is 5.69 Å². The van der Waals surface area contributed by atoms with Crippen molar-refractivity contribution in [2.45, 2.75) is 6.54 Å². The number of hydrogen-bond acceptors (Lipinski definition) is 3. The zero-order valence-electron chi connectivity index (χ0n) is 14.3. The van der Waals surface area contributed by atoms with Crippen molar-refractivity contribution >= 4 is 27.7 Å². The molecule has 0 saturated heterocycles. The number of amides is 1. The first-order valence-electron chi connectivity index (χ1n) is 8.37. The van der Waals surface area contributed by atoms with Crippen LogP contribution in [0.25, 0.3) is 5.69 Å². The topological polar surface area (TPSA) is 64.7 Å². The number of carbonyl (C=O) groups excluding carboxylic acids is 1. The molecule has 6 nitrogen and oxygen atoms in total. The molecule has 7 heteroatoms. The van der Waals surface area contributed by atoms with E-state index >= 15 is 0 Å². The first-order chi connectivity index (χ1) is 13.2. The average Bonchev–Trinajstić information content (AvgIpc) is 3.34. The van der Waals surface area contributed by atoms with E-state index in [0.29, 0.717) is 17.9 Å². The van der Waals surface area contributed by atoms with Crippen LogP contribution in [-0.4, -0.2) is 25.5 Å². The highest BCUT2D eigenvalue weighted by Crippen LogP contribution is 2.19. The second kappa shape index (κ2) is 7.59. The van der Waals surface area contributed by atoms with Gasteiger partial charge in [-0.3, -0.25) is 4.79 Å². The first kappa shape index (κ1) is 17.2. The molecule has 0 aliphatic rings. The molecule has 0 fully saturated rings. The monoisotopic (exact) mass is 421 g/mol. The van der Waals surface area contributed by atoms with E-state index in [4.69, 9.17) is 0 Å². The van der Waals surface area contributed by atoms with Crippen LogP contribution in [0.4, 0.5) is 5.82 Å². The van der Waals surface area contributed by atoms with Crippen LogP contribution < -0.4 is 5.32 Å². The van der Waals surface area contributed by atoms with Gasteiger partial charge in [0.2, 0.25) is 0 Å². The lowest BCUT2D eigenvalue weighted by Crippen LogP contribution is -2.16. The number of para-hydroxylation sites is 1. The van der Waals surface area contributed by atoms with Gasteiger partial charge in [-0.2, -0.15) is 10.2 Å². The lowest BCUT2D eigenvalue weighted by Gasteiger charge is -2.09. The summed E-state index contributed by atoms with van der Waals surface area (Å²) in [5.41, 5.74) is 2.46. The Bertz CT molecular complexity index is 1070. The molecule has 1 N–H and O–H groups in total. The first-order valence-corrected chi connectivity index (χ1v) is 9.17. The lowest BCUT2D eigenvalue weighted by molar-refractivity contribution is 0.102. The van der Waals surface area contributed by atoms with Gasteiger partial charge < -0.3 is 5.32 Å². The van der Waals surface area contributed by atoms with Crippen molar-refractivity contribution < 1.29 is 4.79 Å². The van der Waals surface area contributed by atoms with E-state index in [2.05, 4.69) is 31.4 Å². The van der Waals surface area contributed by atoms with Crippen LogP contribution in [0.2, 0.25) is 0 Å². The number of halogens is 1. The standard InChI is InChI=1S/C20H16BrN5O/c21-18-9-5-4-6-15(18)13-26-19(10-11-22-26)24-20(27)16-12-23-25(14-16)17-7-2-1-3-8-17/h1-12,14H,13H2,(H,24,27). The van der Waals surface area contributed by atoms with Crippen molar-refractivity contribution in [2.24, 2.45) is 0 Å². The Balaban J connectivity index is 1.51. The van der Waals surface area contributed by atoms with Gasteiger partial charge in [0.15, 0.2) is 0 Å². The number of hydrogen-bond donors (Lipinski definition) is 1. The maximum Gasteiger partial charge on any atom is 0.260 e. The third kappa shape index (κ3) is 3.83. The molecule has 0 atom stereocenters. The SMILES string of the molecule is O=C(Nc1ccnn1Cc1ccccc1Br)c1cnn(-c2ccccc2)c1. The van der Waals surface area contributed by atoms with Gasteiger partial charge in [0.25, 0.3) is 5.91 Å². The highest BCUT2D eigenvalue weighted by molar-refractivity contribution is 9.10. The number of carbonyl (C=O) groups is 1. The molecular weight excluding hydrogens is 406 g/mol. The van der Waals surface area contributed by atoms with E-state index in [0.717, 1.165) is 15.7 Å². The zero-order chi connectivity index (χ0) is 18.6. The molecule has 27 heavy (non-hydrogen) atoms. The van der Waals surface area contributed by atoms with Crippen molar-refractivity contribution in [1.29, 1.82) is 0 Å². The van der Waals surface area contributed by atoms with Gasteiger partial charge in [0, 0.05) is 16.7 Å². The Hall–Kier alpha value is -3.19. The molecule has 2 aromatic heterocycles. The van der Waals surface area contributed by atoms with Gasteiger partial charge in [-0.25, -0.2) is 9.36 Å². The van der Waals surface area contributed by atoms with Gasteiger partial charge in [-0.05, 0) is 23.8 Å². The second-order valence-electron chi connectivity index (χ2n) is 5.93. The van der Waals surface area contributed by atoms with Crippen LogP contribution in [-0.2, 0) is 6.54 Å². The van der Waals surface area contributed by atoms with E-state index in [1.165, 1.54) is 0 Å². The molecule has 4 rings (SSSR count). The summed E-state index contributed by atoms with van der Waals surface area (Å²) in [6, 6.07) is 19.4. The summed E-state index contributed by atoms with van der Waals surface area (Å²) in [5.74, 6) is 0.397. The molecule has 0 radical (unpaired) electrons. The number of nitrogens with zero attached hydrogens (tertiary/aromatic N) is 4. The van der Waals surface area contributed by atoms with E-state index in [9.17, 15) is 4.79 Å². The Morgan fingerprint density at radius 3 is 2.59 bits per heavy atom. The summed E-state index contributed by atoms with van der Waals surface area (Å²) in [7, 11) is 0. The van der Waals surface area contributed by atoms with Crippen LogP contribution >= 0.6 is 15.9 Å². The van der Waals surface area contributed by atoms with Gasteiger partial charge in [0.1, 0.15) is 5.82 Å². The van der Waals surface area contributed by atoms with Crippen molar-refractivity contribution in [2.75, 3.05) is 5.32 Å².